The van der Waals surface area contributed by atoms with Gasteiger partial charge in [-0.3, -0.25) is 4.40 Å². The van der Waals surface area contributed by atoms with Crippen molar-refractivity contribution in [3.63, 3.8) is 0 Å². The third-order valence-electron chi connectivity index (χ3n) is 3.23. The molecule has 0 radical (unpaired) electrons. The van der Waals surface area contributed by atoms with Gasteiger partial charge in [0.25, 0.3) is 0 Å². The van der Waals surface area contributed by atoms with Crippen molar-refractivity contribution >= 4 is 16.6 Å². The van der Waals surface area contributed by atoms with Crippen molar-refractivity contribution in [2.45, 2.75) is 13.5 Å². The van der Waals surface area contributed by atoms with E-state index in [0.29, 0.717) is 6.54 Å². The number of hydrogen-bond donors (Lipinski definition) is 1. The van der Waals surface area contributed by atoms with Crippen molar-refractivity contribution in [1.82, 2.24) is 9.38 Å². The van der Waals surface area contributed by atoms with Crippen molar-refractivity contribution in [2.24, 2.45) is 5.73 Å². The molecule has 92 valence electrons. The molecule has 0 aliphatic rings. The maximum atomic E-state index is 5.65. The van der Waals surface area contributed by atoms with E-state index in [1.165, 1.54) is 10.9 Å². The second kappa shape index (κ2) is 3.99. The summed E-state index contributed by atoms with van der Waals surface area (Å²) in [5.41, 5.74) is 9.79. The first-order valence-corrected chi connectivity index (χ1v) is 5.88. The molecule has 0 bridgehead atoms. The Hall–Kier alpha value is -2.07. The van der Waals surface area contributed by atoms with Crippen LogP contribution in [0.25, 0.3) is 16.6 Å². The molecule has 0 saturated carbocycles. The van der Waals surface area contributed by atoms with Crippen LogP contribution in [0.3, 0.4) is 0 Å². The molecule has 0 aliphatic heterocycles. The third kappa shape index (κ3) is 1.54. The fourth-order valence-corrected chi connectivity index (χ4v) is 2.28. The monoisotopic (exact) mass is 241 g/mol. The molecule has 0 aliphatic carbocycles. The van der Waals surface area contributed by atoms with E-state index in [0.717, 1.165) is 22.6 Å². The molecule has 4 heteroatoms. The number of imidazole rings is 1. The Kier molecular flexibility index (Phi) is 2.45. The zero-order valence-electron chi connectivity index (χ0n) is 10.5. The molecular formula is C14H15N3O. The molecule has 4 nitrogen and oxygen atoms in total. The van der Waals surface area contributed by atoms with E-state index >= 15 is 0 Å². The fourth-order valence-electron chi connectivity index (χ4n) is 2.28. The second-order valence-electron chi connectivity index (χ2n) is 4.37. The maximum Gasteiger partial charge on any atom is 0.137 e. The number of aromatic nitrogens is 2. The van der Waals surface area contributed by atoms with Gasteiger partial charge >= 0.3 is 0 Å². The standard InChI is InChI=1S/C14H15N3O/c1-9-5-14-16-10(7-15)8-17(14)13-4-3-11(18-2)6-12(9)13/h3-6,8H,7,15H2,1-2H3. The number of fused-ring (bicyclic) bond motifs is 3. The van der Waals surface area contributed by atoms with Crippen LogP contribution in [0.15, 0.2) is 30.5 Å². The number of aryl methyl sites for hydroxylation is 1. The van der Waals surface area contributed by atoms with Crippen LogP contribution in [0.1, 0.15) is 11.3 Å². The Morgan fingerprint density at radius 3 is 2.89 bits per heavy atom. The van der Waals surface area contributed by atoms with Crippen LogP contribution in [0.2, 0.25) is 0 Å². The number of benzene rings is 1. The van der Waals surface area contributed by atoms with E-state index in [1.54, 1.807) is 7.11 Å². The van der Waals surface area contributed by atoms with Crippen LogP contribution in [-0.2, 0) is 6.54 Å². The van der Waals surface area contributed by atoms with Crippen LogP contribution in [0.4, 0.5) is 0 Å². The zero-order valence-corrected chi connectivity index (χ0v) is 10.5. The summed E-state index contributed by atoms with van der Waals surface area (Å²) >= 11 is 0. The highest BCUT2D eigenvalue weighted by atomic mass is 16.5. The number of nitrogens with zero attached hydrogens (tertiary/aromatic N) is 2. The quantitative estimate of drug-likeness (QED) is 0.748. The number of rotatable bonds is 2. The minimum absolute atomic E-state index is 0.457. The van der Waals surface area contributed by atoms with E-state index < -0.39 is 0 Å². The van der Waals surface area contributed by atoms with Gasteiger partial charge in [0, 0.05) is 18.1 Å². The molecular weight excluding hydrogens is 226 g/mol. The van der Waals surface area contributed by atoms with Crippen molar-refractivity contribution in [3.8, 4) is 5.75 Å². The van der Waals surface area contributed by atoms with Crippen LogP contribution >= 0.6 is 0 Å². The van der Waals surface area contributed by atoms with E-state index in [-0.39, 0.29) is 0 Å². The lowest BCUT2D eigenvalue weighted by Crippen LogP contribution is -1.95. The van der Waals surface area contributed by atoms with Gasteiger partial charge in [-0.15, -0.1) is 0 Å². The number of pyridine rings is 1. The lowest BCUT2D eigenvalue weighted by atomic mass is 10.1. The van der Waals surface area contributed by atoms with Gasteiger partial charge < -0.3 is 10.5 Å². The summed E-state index contributed by atoms with van der Waals surface area (Å²) in [4.78, 5) is 4.49. The topological polar surface area (TPSA) is 52.5 Å². The molecule has 0 amide bonds. The molecule has 0 atom stereocenters. The molecule has 1 aromatic carbocycles. The Bertz CT molecular complexity index is 731. The van der Waals surface area contributed by atoms with Crippen LogP contribution < -0.4 is 10.5 Å². The Labute approximate surface area is 105 Å². The van der Waals surface area contributed by atoms with Gasteiger partial charge in [-0.25, -0.2) is 4.98 Å². The summed E-state index contributed by atoms with van der Waals surface area (Å²) in [5.74, 6) is 0.865. The van der Waals surface area contributed by atoms with Crippen LogP contribution in [-0.4, -0.2) is 16.5 Å². The largest absolute Gasteiger partial charge is 0.497 e. The average molecular weight is 241 g/mol. The summed E-state index contributed by atoms with van der Waals surface area (Å²) in [5, 5.41) is 1.17. The Balaban J connectivity index is 2.41. The lowest BCUT2D eigenvalue weighted by molar-refractivity contribution is 0.415. The van der Waals surface area contributed by atoms with Crippen molar-refractivity contribution < 1.29 is 4.74 Å². The lowest BCUT2D eigenvalue weighted by Gasteiger charge is -2.07. The summed E-state index contributed by atoms with van der Waals surface area (Å²) in [6.07, 6.45) is 1.99. The molecule has 18 heavy (non-hydrogen) atoms. The fraction of sp³-hybridized carbons (Fsp3) is 0.214. The molecule has 3 aromatic rings. The molecule has 3 rings (SSSR count). The summed E-state index contributed by atoms with van der Waals surface area (Å²) < 4.78 is 7.34. The van der Waals surface area contributed by atoms with Gasteiger partial charge in [0.1, 0.15) is 11.4 Å². The van der Waals surface area contributed by atoms with Gasteiger partial charge in [-0.05, 0) is 36.8 Å². The van der Waals surface area contributed by atoms with E-state index in [2.05, 4.69) is 28.4 Å². The number of ether oxygens (including phenoxy) is 1. The Morgan fingerprint density at radius 1 is 1.33 bits per heavy atom. The van der Waals surface area contributed by atoms with Gasteiger partial charge in [-0.1, -0.05) is 0 Å². The molecule has 0 unspecified atom stereocenters. The van der Waals surface area contributed by atoms with Gasteiger partial charge in [-0.2, -0.15) is 0 Å². The normalized spacial score (nSPS) is 11.3. The third-order valence-corrected chi connectivity index (χ3v) is 3.23. The number of nitrogens with two attached hydrogens (primary N) is 1. The summed E-state index contributed by atoms with van der Waals surface area (Å²) in [6.45, 7) is 2.54. The molecule has 2 N–H and O–H groups in total. The van der Waals surface area contributed by atoms with E-state index in [4.69, 9.17) is 10.5 Å². The minimum Gasteiger partial charge on any atom is -0.497 e. The second-order valence-corrected chi connectivity index (χ2v) is 4.37. The van der Waals surface area contributed by atoms with Gasteiger partial charge in [0.2, 0.25) is 0 Å². The highest BCUT2D eigenvalue weighted by Crippen LogP contribution is 2.25. The molecule has 2 heterocycles. The van der Waals surface area contributed by atoms with Crippen LogP contribution in [0.5, 0.6) is 5.75 Å². The van der Waals surface area contributed by atoms with E-state index in [9.17, 15) is 0 Å². The van der Waals surface area contributed by atoms with Crippen LogP contribution in [0, 0.1) is 6.92 Å². The first-order chi connectivity index (χ1) is 8.72. The smallest absolute Gasteiger partial charge is 0.137 e. The first-order valence-electron chi connectivity index (χ1n) is 5.88. The average Bonchev–Trinajstić information content (AvgIpc) is 2.81. The van der Waals surface area contributed by atoms with Crippen molar-refractivity contribution in [3.05, 3.63) is 41.7 Å². The highest BCUT2D eigenvalue weighted by molar-refractivity contribution is 5.86. The molecule has 0 spiro atoms. The summed E-state index contributed by atoms with van der Waals surface area (Å²) in [6, 6.07) is 8.13. The summed E-state index contributed by atoms with van der Waals surface area (Å²) in [7, 11) is 1.68. The number of hydrogen-bond acceptors (Lipinski definition) is 3. The van der Waals surface area contributed by atoms with Gasteiger partial charge in [0.05, 0.1) is 18.3 Å². The van der Waals surface area contributed by atoms with Crippen molar-refractivity contribution in [2.75, 3.05) is 7.11 Å². The molecule has 2 aromatic heterocycles. The minimum atomic E-state index is 0.457. The molecule has 0 saturated heterocycles. The van der Waals surface area contributed by atoms with Gasteiger partial charge in [0.15, 0.2) is 0 Å². The highest BCUT2D eigenvalue weighted by Gasteiger charge is 2.07. The zero-order chi connectivity index (χ0) is 12.7. The van der Waals surface area contributed by atoms with E-state index in [1.807, 2.05) is 18.3 Å². The SMILES string of the molecule is COc1ccc2c(c1)c(C)cc1nc(CN)cn12. The van der Waals surface area contributed by atoms with Crippen molar-refractivity contribution in [1.29, 1.82) is 0 Å². The molecule has 0 fully saturated rings. The number of methoxy groups -OCH3 is 1. The predicted octanol–water partition coefficient (Wildman–Crippen LogP) is 2.26. The first kappa shape index (κ1) is 11.0. The Morgan fingerprint density at radius 2 is 2.17 bits per heavy atom. The maximum absolute atomic E-state index is 5.65. The predicted molar refractivity (Wildman–Crippen MR) is 71.9 cm³/mol.